The Morgan fingerprint density at radius 1 is 1.14 bits per heavy atom. The largest absolute Gasteiger partial charge is 0.302 e. The number of amides is 1. The second kappa shape index (κ2) is 9.49. The molecule has 3 rings (SSSR count). The zero-order chi connectivity index (χ0) is 20.1. The number of halogens is 1. The molecule has 0 fully saturated rings. The lowest BCUT2D eigenvalue weighted by Crippen LogP contribution is -2.39. The number of thiazole rings is 1. The maximum atomic E-state index is 13.6. The summed E-state index contributed by atoms with van der Waals surface area (Å²) < 4.78 is 14.3. The average Bonchev–Trinajstić information content (AvgIpc) is 3.13. The molecule has 0 radical (unpaired) electrons. The predicted molar refractivity (Wildman–Crippen MR) is 117 cm³/mol. The Hall–Kier alpha value is -1.96. The maximum absolute atomic E-state index is 13.6. The molecule has 0 atom stereocenters. The lowest BCUT2D eigenvalue weighted by atomic mass is 10.2. The van der Waals surface area contributed by atoms with Crippen LogP contribution in [0.1, 0.15) is 24.2 Å². The van der Waals surface area contributed by atoms with Gasteiger partial charge in [-0.05, 0) is 49.7 Å². The highest BCUT2D eigenvalue weighted by molar-refractivity contribution is 7.98. The highest BCUT2D eigenvalue weighted by atomic mass is 32.2. The van der Waals surface area contributed by atoms with Gasteiger partial charge in [0.15, 0.2) is 5.13 Å². The molecule has 0 saturated carbocycles. The Balaban J connectivity index is 1.99. The Kier molecular flexibility index (Phi) is 7.04. The van der Waals surface area contributed by atoms with Crippen LogP contribution in [0, 0.1) is 5.82 Å². The van der Waals surface area contributed by atoms with E-state index in [4.69, 9.17) is 0 Å². The minimum Gasteiger partial charge on any atom is -0.302 e. The summed E-state index contributed by atoms with van der Waals surface area (Å²) in [5.74, 6) is -0.368. The summed E-state index contributed by atoms with van der Waals surface area (Å²) in [4.78, 5) is 23.0. The molecule has 2 aromatic carbocycles. The van der Waals surface area contributed by atoms with Gasteiger partial charge in [-0.2, -0.15) is 0 Å². The zero-order valence-electron chi connectivity index (χ0n) is 16.3. The van der Waals surface area contributed by atoms with Gasteiger partial charge in [0.05, 0.1) is 15.8 Å². The van der Waals surface area contributed by atoms with E-state index < -0.39 is 0 Å². The van der Waals surface area contributed by atoms with Gasteiger partial charge >= 0.3 is 0 Å². The van der Waals surface area contributed by atoms with Gasteiger partial charge in [-0.1, -0.05) is 37.3 Å². The molecule has 0 bridgehead atoms. The topological polar surface area (TPSA) is 36.4 Å². The van der Waals surface area contributed by atoms with E-state index in [2.05, 4.69) is 23.7 Å². The number of hydrogen-bond acceptors (Lipinski definition) is 5. The second-order valence-corrected chi connectivity index (χ2v) is 8.15. The third-order valence-corrected chi connectivity index (χ3v) is 6.52. The quantitative estimate of drug-likeness (QED) is 0.475. The van der Waals surface area contributed by atoms with Crippen LogP contribution >= 0.6 is 23.1 Å². The van der Waals surface area contributed by atoms with E-state index in [1.807, 2.05) is 30.5 Å². The fourth-order valence-electron chi connectivity index (χ4n) is 3.03. The van der Waals surface area contributed by atoms with Crippen LogP contribution in [0.4, 0.5) is 9.52 Å². The van der Waals surface area contributed by atoms with Crippen molar-refractivity contribution in [3.8, 4) is 0 Å². The Labute approximate surface area is 173 Å². The average molecular weight is 418 g/mol. The minimum atomic E-state index is -0.295. The number of fused-ring (bicyclic) bond motifs is 1. The molecule has 0 N–H and O–H groups in total. The van der Waals surface area contributed by atoms with Crippen molar-refractivity contribution in [3.63, 3.8) is 0 Å². The molecule has 1 heterocycles. The second-order valence-electron chi connectivity index (χ2n) is 6.29. The van der Waals surface area contributed by atoms with Gasteiger partial charge in [0.1, 0.15) is 5.82 Å². The monoisotopic (exact) mass is 417 g/mol. The molecular formula is C21H24FN3OS2. The minimum absolute atomic E-state index is 0.0726. The number of nitrogens with zero attached hydrogens (tertiary/aromatic N) is 3. The first-order chi connectivity index (χ1) is 13.6. The van der Waals surface area contributed by atoms with Crippen LogP contribution in [0.3, 0.4) is 0 Å². The van der Waals surface area contributed by atoms with Crippen LogP contribution in [0.5, 0.6) is 0 Å². The highest BCUT2D eigenvalue weighted by Crippen LogP contribution is 2.31. The molecule has 4 nitrogen and oxygen atoms in total. The summed E-state index contributed by atoms with van der Waals surface area (Å²) in [5, 5.41) is 0.605. The number of likely N-dealkylation sites (N-methyl/N-ethyl adjacent to an activating group) is 1. The standard InChI is InChI=1S/C21H24FN3OS2/c1-4-24(5-2)12-13-25(20(26)16-8-6-7-9-18(16)27-3)21-23-17-11-10-15(22)14-19(17)28-21/h6-11,14H,4-5,12-13H2,1-3H3. The van der Waals surface area contributed by atoms with Crippen LogP contribution < -0.4 is 4.90 Å². The van der Waals surface area contributed by atoms with Crippen LogP contribution in [-0.2, 0) is 0 Å². The van der Waals surface area contributed by atoms with Crippen molar-refractivity contribution in [3.05, 3.63) is 53.8 Å². The van der Waals surface area contributed by atoms with E-state index in [0.29, 0.717) is 22.8 Å². The molecule has 1 amide bonds. The molecule has 148 valence electrons. The first kappa shape index (κ1) is 20.8. The molecule has 0 saturated heterocycles. The first-order valence-electron chi connectivity index (χ1n) is 9.30. The van der Waals surface area contributed by atoms with Crippen molar-refractivity contribution in [1.29, 1.82) is 0 Å². The van der Waals surface area contributed by atoms with Crippen LogP contribution in [0.25, 0.3) is 10.2 Å². The fourth-order valence-corrected chi connectivity index (χ4v) is 4.64. The summed E-state index contributed by atoms with van der Waals surface area (Å²) in [5.41, 5.74) is 1.38. The number of hydrogen-bond donors (Lipinski definition) is 0. The van der Waals surface area contributed by atoms with Crippen LogP contribution in [-0.4, -0.2) is 48.2 Å². The molecule has 0 unspecified atom stereocenters. The summed E-state index contributed by atoms with van der Waals surface area (Å²) >= 11 is 2.90. The van der Waals surface area contributed by atoms with Crippen molar-refractivity contribution >= 4 is 44.4 Å². The van der Waals surface area contributed by atoms with Crippen LogP contribution in [0.15, 0.2) is 47.4 Å². The molecule has 3 aromatic rings. The number of thioether (sulfide) groups is 1. The normalized spacial score (nSPS) is 11.3. The number of carbonyl (C=O) groups excluding carboxylic acids is 1. The number of anilines is 1. The van der Waals surface area contributed by atoms with Gasteiger partial charge in [0.2, 0.25) is 0 Å². The number of aromatic nitrogens is 1. The van der Waals surface area contributed by atoms with Crippen molar-refractivity contribution in [2.24, 2.45) is 0 Å². The maximum Gasteiger partial charge on any atom is 0.261 e. The van der Waals surface area contributed by atoms with E-state index in [1.54, 1.807) is 22.7 Å². The molecule has 7 heteroatoms. The van der Waals surface area contributed by atoms with Gasteiger partial charge in [-0.25, -0.2) is 9.37 Å². The summed E-state index contributed by atoms with van der Waals surface area (Å²) in [6.07, 6.45) is 1.97. The number of carbonyl (C=O) groups is 1. The Bertz CT molecular complexity index is 956. The fraction of sp³-hybridized carbons (Fsp3) is 0.333. The van der Waals surface area contributed by atoms with Gasteiger partial charge in [-0.3, -0.25) is 9.69 Å². The summed E-state index contributed by atoms with van der Waals surface area (Å²) in [6, 6.07) is 12.1. The Morgan fingerprint density at radius 2 is 1.89 bits per heavy atom. The summed E-state index contributed by atoms with van der Waals surface area (Å²) in [6.45, 7) is 7.35. The lowest BCUT2D eigenvalue weighted by Gasteiger charge is -2.25. The van der Waals surface area contributed by atoms with E-state index in [1.165, 1.54) is 23.5 Å². The van der Waals surface area contributed by atoms with Crippen LogP contribution in [0.2, 0.25) is 0 Å². The van der Waals surface area contributed by atoms with Crippen molar-refractivity contribution in [2.45, 2.75) is 18.7 Å². The predicted octanol–water partition coefficient (Wildman–Crippen LogP) is 5.15. The van der Waals surface area contributed by atoms with Crippen molar-refractivity contribution in [2.75, 3.05) is 37.3 Å². The molecule has 0 spiro atoms. The Morgan fingerprint density at radius 3 is 2.61 bits per heavy atom. The first-order valence-corrected chi connectivity index (χ1v) is 11.3. The highest BCUT2D eigenvalue weighted by Gasteiger charge is 2.23. The van der Waals surface area contributed by atoms with E-state index in [0.717, 1.165) is 29.2 Å². The molecule has 1 aromatic heterocycles. The number of benzene rings is 2. The van der Waals surface area contributed by atoms with E-state index in [9.17, 15) is 9.18 Å². The van der Waals surface area contributed by atoms with Crippen molar-refractivity contribution < 1.29 is 9.18 Å². The molecule has 28 heavy (non-hydrogen) atoms. The molecule has 0 aliphatic rings. The smallest absolute Gasteiger partial charge is 0.261 e. The lowest BCUT2D eigenvalue weighted by molar-refractivity contribution is 0.0981. The SMILES string of the molecule is CCN(CC)CCN(C(=O)c1ccccc1SC)c1nc2ccc(F)cc2s1. The summed E-state index contributed by atoms with van der Waals surface area (Å²) in [7, 11) is 0. The zero-order valence-corrected chi connectivity index (χ0v) is 17.9. The molecule has 0 aliphatic heterocycles. The third kappa shape index (κ3) is 4.54. The van der Waals surface area contributed by atoms with E-state index in [-0.39, 0.29) is 11.7 Å². The van der Waals surface area contributed by atoms with Gasteiger partial charge in [-0.15, -0.1) is 11.8 Å². The third-order valence-electron chi connectivity index (χ3n) is 4.69. The molecular weight excluding hydrogens is 393 g/mol. The van der Waals surface area contributed by atoms with E-state index >= 15 is 0 Å². The van der Waals surface area contributed by atoms with Gasteiger partial charge < -0.3 is 4.90 Å². The van der Waals surface area contributed by atoms with Crippen molar-refractivity contribution in [1.82, 2.24) is 9.88 Å². The van der Waals surface area contributed by atoms with Gasteiger partial charge in [0.25, 0.3) is 5.91 Å². The molecule has 0 aliphatic carbocycles. The number of rotatable bonds is 8. The van der Waals surface area contributed by atoms with Gasteiger partial charge in [0, 0.05) is 18.0 Å².